The van der Waals surface area contributed by atoms with E-state index in [4.69, 9.17) is 5.14 Å². The van der Waals surface area contributed by atoms with E-state index in [1.54, 1.807) is 6.07 Å². The molecular weight excluding hydrogens is 372 g/mol. The molecule has 0 atom stereocenters. The maximum atomic E-state index is 12.2. The highest BCUT2D eigenvalue weighted by molar-refractivity contribution is 7.99. The Morgan fingerprint density at radius 3 is 2.77 bits per heavy atom. The summed E-state index contributed by atoms with van der Waals surface area (Å²) in [6.07, 6.45) is 5.37. The number of hydrogen-bond donors (Lipinski definition) is 2. The molecule has 0 radical (unpaired) electrons. The number of nitrogens with one attached hydrogen (secondary N) is 1. The Morgan fingerprint density at radius 1 is 1.38 bits per heavy atom. The molecule has 7 nitrogen and oxygen atoms in total. The molecule has 3 rings (SSSR count). The molecule has 2 aromatic rings. The Bertz CT molecular complexity index is 902. The number of benzene rings is 1. The average Bonchev–Trinajstić information content (AvgIpc) is 3.20. The van der Waals surface area contributed by atoms with Crippen LogP contribution < -0.4 is 10.5 Å². The van der Waals surface area contributed by atoms with Crippen LogP contribution in [0.1, 0.15) is 39.0 Å². The molecule has 1 fully saturated rings. The number of nitrogens with two attached hydrogens (primary N) is 1. The molecule has 1 aliphatic rings. The lowest BCUT2D eigenvalue weighted by molar-refractivity contribution is -0.119. The van der Waals surface area contributed by atoms with Crippen LogP contribution in [-0.2, 0) is 21.4 Å². The SMILES string of the molecule is CCCn1c(SCC(=O)NC2CCCC2)nc2cc(S(N)(=O)=O)ccc21. The number of imidazole rings is 1. The minimum Gasteiger partial charge on any atom is -0.353 e. The maximum Gasteiger partial charge on any atom is 0.238 e. The van der Waals surface area contributed by atoms with Gasteiger partial charge in [0.05, 0.1) is 21.7 Å². The number of hydrogen-bond acceptors (Lipinski definition) is 5. The number of aromatic nitrogens is 2. The van der Waals surface area contributed by atoms with Crippen molar-refractivity contribution >= 4 is 38.7 Å². The highest BCUT2D eigenvalue weighted by atomic mass is 32.2. The molecule has 1 aliphatic carbocycles. The number of primary sulfonamides is 1. The van der Waals surface area contributed by atoms with E-state index in [2.05, 4.69) is 17.2 Å². The third kappa shape index (κ3) is 4.39. The van der Waals surface area contributed by atoms with E-state index >= 15 is 0 Å². The standard InChI is InChI=1S/C17H24N4O3S2/c1-2-9-21-15-8-7-13(26(18,23)24)10-14(15)20-17(21)25-11-16(22)19-12-5-3-4-6-12/h7-8,10,12H,2-6,9,11H2,1H3,(H,19,22)(H2,18,23,24). The molecule has 9 heteroatoms. The molecule has 1 saturated carbocycles. The van der Waals surface area contributed by atoms with Gasteiger partial charge in [0, 0.05) is 12.6 Å². The third-order valence-electron chi connectivity index (χ3n) is 4.51. The molecule has 0 unspecified atom stereocenters. The van der Waals surface area contributed by atoms with Gasteiger partial charge in [-0.2, -0.15) is 0 Å². The average molecular weight is 397 g/mol. The minimum atomic E-state index is -3.77. The molecule has 142 valence electrons. The first-order valence-electron chi connectivity index (χ1n) is 8.83. The Labute approximate surface area is 157 Å². The van der Waals surface area contributed by atoms with Gasteiger partial charge in [0.2, 0.25) is 15.9 Å². The van der Waals surface area contributed by atoms with Crippen LogP contribution in [0.15, 0.2) is 28.3 Å². The molecule has 1 heterocycles. The smallest absolute Gasteiger partial charge is 0.238 e. The number of nitrogens with zero attached hydrogens (tertiary/aromatic N) is 2. The summed E-state index contributed by atoms with van der Waals surface area (Å²) in [7, 11) is -3.77. The maximum absolute atomic E-state index is 12.2. The lowest BCUT2D eigenvalue weighted by Crippen LogP contribution is -2.33. The van der Waals surface area contributed by atoms with Gasteiger partial charge in [0.25, 0.3) is 0 Å². The fourth-order valence-electron chi connectivity index (χ4n) is 3.28. The Kier molecular flexibility index (Phi) is 5.89. The summed E-state index contributed by atoms with van der Waals surface area (Å²) >= 11 is 1.38. The second-order valence-corrected chi connectivity index (χ2v) is 9.08. The molecule has 1 amide bonds. The van der Waals surface area contributed by atoms with Gasteiger partial charge in [0.1, 0.15) is 0 Å². The first-order chi connectivity index (χ1) is 12.4. The van der Waals surface area contributed by atoms with Gasteiger partial charge in [-0.15, -0.1) is 0 Å². The fraction of sp³-hybridized carbons (Fsp3) is 0.529. The summed E-state index contributed by atoms with van der Waals surface area (Å²) in [5.74, 6) is 0.313. The van der Waals surface area contributed by atoms with Gasteiger partial charge < -0.3 is 9.88 Å². The summed E-state index contributed by atoms with van der Waals surface area (Å²) < 4.78 is 25.1. The summed E-state index contributed by atoms with van der Waals surface area (Å²) in [5.41, 5.74) is 1.42. The van der Waals surface area contributed by atoms with Gasteiger partial charge in [-0.3, -0.25) is 4.79 Å². The largest absolute Gasteiger partial charge is 0.353 e. The van der Waals surface area contributed by atoms with E-state index in [-0.39, 0.29) is 10.8 Å². The van der Waals surface area contributed by atoms with E-state index < -0.39 is 10.0 Å². The molecule has 1 aromatic heterocycles. The molecule has 0 bridgehead atoms. The highest BCUT2D eigenvalue weighted by Crippen LogP contribution is 2.26. The van der Waals surface area contributed by atoms with Crippen molar-refractivity contribution in [1.29, 1.82) is 0 Å². The van der Waals surface area contributed by atoms with Crippen LogP contribution in [0.2, 0.25) is 0 Å². The zero-order chi connectivity index (χ0) is 18.7. The molecule has 3 N–H and O–H groups in total. The van der Waals surface area contributed by atoms with Crippen LogP contribution >= 0.6 is 11.8 Å². The van der Waals surface area contributed by atoms with Gasteiger partial charge in [-0.05, 0) is 37.5 Å². The second-order valence-electron chi connectivity index (χ2n) is 6.58. The Balaban J connectivity index is 1.79. The van der Waals surface area contributed by atoms with Crippen molar-refractivity contribution in [3.63, 3.8) is 0 Å². The van der Waals surface area contributed by atoms with E-state index in [9.17, 15) is 13.2 Å². The van der Waals surface area contributed by atoms with Crippen LogP contribution in [0.25, 0.3) is 11.0 Å². The third-order valence-corrected chi connectivity index (χ3v) is 6.40. The first-order valence-corrected chi connectivity index (χ1v) is 11.4. The van der Waals surface area contributed by atoms with Crippen LogP contribution in [0, 0.1) is 0 Å². The molecule has 1 aromatic carbocycles. The van der Waals surface area contributed by atoms with E-state index in [0.717, 1.165) is 36.5 Å². The first kappa shape index (κ1) is 19.2. The molecule has 0 saturated heterocycles. The molecular formula is C17H24N4O3S2. The second kappa shape index (κ2) is 7.98. The van der Waals surface area contributed by atoms with Crippen molar-refractivity contribution < 1.29 is 13.2 Å². The number of fused-ring (bicyclic) bond motifs is 1. The summed E-state index contributed by atoms with van der Waals surface area (Å²) in [5, 5.41) is 9.00. The summed E-state index contributed by atoms with van der Waals surface area (Å²) in [6.45, 7) is 2.81. The van der Waals surface area contributed by atoms with Gasteiger partial charge in [0.15, 0.2) is 5.16 Å². The topological polar surface area (TPSA) is 107 Å². The van der Waals surface area contributed by atoms with Crippen molar-refractivity contribution in [2.45, 2.75) is 61.7 Å². The Morgan fingerprint density at radius 2 is 2.12 bits per heavy atom. The molecule has 26 heavy (non-hydrogen) atoms. The fourth-order valence-corrected chi connectivity index (χ4v) is 4.67. The number of sulfonamides is 1. The lowest BCUT2D eigenvalue weighted by Gasteiger charge is -2.12. The monoisotopic (exact) mass is 396 g/mol. The van der Waals surface area contributed by atoms with Crippen molar-refractivity contribution in [2.24, 2.45) is 5.14 Å². The number of rotatable bonds is 7. The van der Waals surface area contributed by atoms with Gasteiger partial charge in [-0.1, -0.05) is 31.5 Å². The molecule has 0 aliphatic heterocycles. The van der Waals surface area contributed by atoms with E-state index in [1.807, 2.05) is 4.57 Å². The van der Waals surface area contributed by atoms with Crippen molar-refractivity contribution in [2.75, 3.05) is 5.75 Å². The van der Waals surface area contributed by atoms with Crippen molar-refractivity contribution in [3.05, 3.63) is 18.2 Å². The van der Waals surface area contributed by atoms with Crippen molar-refractivity contribution in [3.8, 4) is 0 Å². The zero-order valence-electron chi connectivity index (χ0n) is 14.8. The molecule has 0 spiro atoms. The van der Waals surface area contributed by atoms with Crippen LogP contribution in [0.3, 0.4) is 0 Å². The van der Waals surface area contributed by atoms with E-state index in [0.29, 0.717) is 17.3 Å². The number of amides is 1. The van der Waals surface area contributed by atoms with Gasteiger partial charge in [-0.25, -0.2) is 18.5 Å². The Hall–Kier alpha value is -1.58. The highest BCUT2D eigenvalue weighted by Gasteiger charge is 2.19. The van der Waals surface area contributed by atoms with Gasteiger partial charge >= 0.3 is 0 Å². The number of thioether (sulfide) groups is 1. The number of carbonyl (C=O) groups is 1. The summed E-state index contributed by atoms with van der Waals surface area (Å²) in [6, 6.07) is 5.00. The lowest BCUT2D eigenvalue weighted by atomic mass is 10.2. The minimum absolute atomic E-state index is 0.0160. The summed E-state index contributed by atoms with van der Waals surface area (Å²) in [4.78, 5) is 16.8. The predicted octanol–water partition coefficient (Wildman–Crippen LogP) is 2.24. The normalized spacial score (nSPS) is 15.6. The van der Waals surface area contributed by atoms with Crippen LogP contribution in [-0.4, -0.2) is 35.7 Å². The number of aryl methyl sites for hydroxylation is 1. The predicted molar refractivity (Wildman–Crippen MR) is 103 cm³/mol. The van der Waals surface area contributed by atoms with Crippen LogP contribution in [0.5, 0.6) is 0 Å². The van der Waals surface area contributed by atoms with Crippen LogP contribution in [0.4, 0.5) is 0 Å². The number of carbonyl (C=O) groups excluding carboxylic acids is 1. The van der Waals surface area contributed by atoms with E-state index in [1.165, 1.54) is 36.7 Å². The zero-order valence-corrected chi connectivity index (χ0v) is 16.4. The van der Waals surface area contributed by atoms with Crippen molar-refractivity contribution in [1.82, 2.24) is 14.9 Å². The quantitative estimate of drug-likeness (QED) is 0.698.